The molecule has 0 saturated heterocycles. The summed E-state index contributed by atoms with van der Waals surface area (Å²) in [6, 6.07) is 1.37. The van der Waals surface area contributed by atoms with Crippen molar-refractivity contribution in [3.63, 3.8) is 0 Å². The van der Waals surface area contributed by atoms with E-state index in [-0.39, 0.29) is 27.3 Å². The highest BCUT2D eigenvalue weighted by molar-refractivity contribution is 6.42. The first-order valence-electron chi connectivity index (χ1n) is 3.23. The van der Waals surface area contributed by atoms with Gasteiger partial charge < -0.3 is 5.11 Å². The zero-order chi connectivity index (χ0) is 10.0. The van der Waals surface area contributed by atoms with Crippen molar-refractivity contribution in [2.45, 2.75) is 6.42 Å². The summed E-state index contributed by atoms with van der Waals surface area (Å²) in [5.41, 5.74) is 0.212. The molecular formula is C7H4Cl3NO2. The second kappa shape index (κ2) is 4.13. The van der Waals surface area contributed by atoms with Crippen LogP contribution in [-0.4, -0.2) is 16.1 Å². The number of carbonyl (C=O) groups is 1. The molecule has 1 aromatic rings. The van der Waals surface area contributed by atoms with Gasteiger partial charge in [0, 0.05) is 0 Å². The summed E-state index contributed by atoms with van der Waals surface area (Å²) >= 11 is 16.8. The fraction of sp³-hybridized carbons (Fsp3) is 0.143. The molecule has 1 aromatic heterocycles. The molecule has 0 saturated carbocycles. The maximum atomic E-state index is 10.3. The fourth-order valence-corrected chi connectivity index (χ4v) is 1.33. The van der Waals surface area contributed by atoms with E-state index in [2.05, 4.69) is 4.98 Å². The molecule has 1 heterocycles. The molecule has 0 spiro atoms. The van der Waals surface area contributed by atoms with Crippen LogP contribution in [0.25, 0.3) is 0 Å². The van der Waals surface area contributed by atoms with Gasteiger partial charge in [-0.15, -0.1) is 0 Å². The van der Waals surface area contributed by atoms with E-state index in [4.69, 9.17) is 39.9 Å². The van der Waals surface area contributed by atoms with Gasteiger partial charge in [0.05, 0.1) is 22.2 Å². The number of hydrogen-bond acceptors (Lipinski definition) is 2. The van der Waals surface area contributed by atoms with Crippen LogP contribution < -0.4 is 0 Å². The first kappa shape index (κ1) is 10.6. The Morgan fingerprint density at radius 2 is 2.00 bits per heavy atom. The second-order valence-electron chi connectivity index (χ2n) is 2.26. The minimum Gasteiger partial charge on any atom is -0.481 e. The lowest BCUT2D eigenvalue weighted by Gasteiger charge is -2.01. The maximum Gasteiger partial charge on any atom is 0.309 e. The molecule has 0 amide bonds. The second-order valence-corrected chi connectivity index (χ2v) is 3.43. The monoisotopic (exact) mass is 239 g/mol. The Hall–Kier alpha value is -0.510. The minimum atomic E-state index is -1.02. The molecule has 0 atom stereocenters. The van der Waals surface area contributed by atoms with E-state index < -0.39 is 5.97 Å². The van der Waals surface area contributed by atoms with Crippen LogP contribution in [-0.2, 0) is 11.2 Å². The zero-order valence-corrected chi connectivity index (χ0v) is 8.49. The fourth-order valence-electron chi connectivity index (χ4n) is 0.747. The van der Waals surface area contributed by atoms with Gasteiger partial charge in [-0.05, 0) is 6.07 Å². The topological polar surface area (TPSA) is 50.2 Å². The van der Waals surface area contributed by atoms with Crippen LogP contribution in [0.2, 0.25) is 15.2 Å². The molecule has 13 heavy (non-hydrogen) atoms. The van der Waals surface area contributed by atoms with E-state index in [1.807, 2.05) is 0 Å². The molecule has 0 fully saturated rings. The predicted octanol–water partition coefficient (Wildman–Crippen LogP) is 2.67. The predicted molar refractivity (Wildman–Crippen MR) is 50.6 cm³/mol. The van der Waals surface area contributed by atoms with Crippen LogP contribution in [0.5, 0.6) is 0 Å². The number of hydrogen-bond donors (Lipinski definition) is 1. The quantitative estimate of drug-likeness (QED) is 0.809. The van der Waals surface area contributed by atoms with Gasteiger partial charge in [0.15, 0.2) is 0 Å². The highest BCUT2D eigenvalue weighted by atomic mass is 35.5. The van der Waals surface area contributed by atoms with Crippen LogP contribution in [0.1, 0.15) is 5.69 Å². The molecule has 6 heteroatoms. The van der Waals surface area contributed by atoms with E-state index in [9.17, 15) is 4.79 Å². The molecule has 3 nitrogen and oxygen atoms in total. The smallest absolute Gasteiger partial charge is 0.309 e. The molecule has 0 unspecified atom stereocenters. The highest BCUT2D eigenvalue weighted by Crippen LogP contribution is 2.25. The van der Waals surface area contributed by atoms with E-state index >= 15 is 0 Å². The molecule has 1 rings (SSSR count). The van der Waals surface area contributed by atoms with Gasteiger partial charge in [-0.25, -0.2) is 4.98 Å². The molecule has 0 radical (unpaired) electrons. The first-order chi connectivity index (χ1) is 6.00. The summed E-state index contributed by atoms with van der Waals surface area (Å²) in [4.78, 5) is 14.1. The molecule has 1 N–H and O–H groups in total. The lowest BCUT2D eigenvalue weighted by molar-refractivity contribution is -0.136. The van der Waals surface area contributed by atoms with E-state index in [1.165, 1.54) is 6.07 Å². The van der Waals surface area contributed by atoms with Crippen molar-refractivity contribution in [2.24, 2.45) is 0 Å². The van der Waals surface area contributed by atoms with Crippen molar-refractivity contribution < 1.29 is 9.90 Å². The van der Waals surface area contributed by atoms with Crippen molar-refractivity contribution in [3.05, 3.63) is 27.0 Å². The van der Waals surface area contributed by atoms with Gasteiger partial charge in [0.1, 0.15) is 5.15 Å². The van der Waals surface area contributed by atoms with Gasteiger partial charge in [0.2, 0.25) is 0 Å². The van der Waals surface area contributed by atoms with E-state index in [0.717, 1.165) is 0 Å². The standard InChI is InChI=1S/C7H4Cl3NO2/c8-3-1-4(9)7(10)11-5(3)2-6(12)13/h1H,2H2,(H,12,13). The van der Waals surface area contributed by atoms with Gasteiger partial charge in [-0.1, -0.05) is 34.8 Å². The summed E-state index contributed by atoms with van der Waals surface area (Å²) in [7, 11) is 0. The number of aromatic nitrogens is 1. The summed E-state index contributed by atoms with van der Waals surface area (Å²) in [5.74, 6) is -1.02. The van der Waals surface area contributed by atoms with Crippen LogP contribution in [0.15, 0.2) is 6.07 Å². The number of aliphatic carboxylic acids is 1. The number of carboxylic acid groups (broad SMARTS) is 1. The third kappa shape index (κ3) is 2.72. The van der Waals surface area contributed by atoms with E-state index in [1.54, 1.807) is 0 Å². The summed E-state index contributed by atoms with van der Waals surface area (Å²) in [6.07, 6.45) is -0.268. The van der Waals surface area contributed by atoms with Gasteiger partial charge in [-0.3, -0.25) is 4.79 Å². The van der Waals surface area contributed by atoms with Crippen molar-refractivity contribution in [2.75, 3.05) is 0 Å². The van der Waals surface area contributed by atoms with Crippen molar-refractivity contribution in [1.82, 2.24) is 4.98 Å². The van der Waals surface area contributed by atoms with Crippen molar-refractivity contribution in [3.8, 4) is 0 Å². The molecular weight excluding hydrogens is 236 g/mol. The molecule has 0 bridgehead atoms. The average Bonchev–Trinajstić information content (AvgIpc) is 1.99. The SMILES string of the molecule is O=C(O)Cc1nc(Cl)c(Cl)cc1Cl. The van der Waals surface area contributed by atoms with Crippen LogP contribution in [0.3, 0.4) is 0 Å². The number of nitrogens with zero attached hydrogens (tertiary/aromatic N) is 1. The van der Waals surface area contributed by atoms with Crippen LogP contribution >= 0.6 is 34.8 Å². The Kier molecular flexibility index (Phi) is 3.36. The Bertz CT molecular complexity index is 354. The molecule has 0 aliphatic heterocycles. The Morgan fingerprint density at radius 1 is 1.38 bits per heavy atom. The Labute approximate surface area is 89.2 Å². The average molecular weight is 240 g/mol. The number of carboxylic acids is 1. The first-order valence-corrected chi connectivity index (χ1v) is 4.36. The maximum absolute atomic E-state index is 10.3. The summed E-state index contributed by atoms with van der Waals surface area (Å²) in [5, 5.41) is 8.95. The molecule has 0 aliphatic carbocycles. The van der Waals surface area contributed by atoms with Gasteiger partial charge >= 0.3 is 5.97 Å². The molecule has 0 aromatic carbocycles. The number of rotatable bonds is 2. The summed E-state index contributed by atoms with van der Waals surface area (Å²) in [6.45, 7) is 0. The molecule has 70 valence electrons. The largest absolute Gasteiger partial charge is 0.481 e. The van der Waals surface area contributed by atoms with Crippen LogP contribution in [0, 0.1) is 0 Å². The third-order valence-corrected chi connectivity index (χ3v) is 2.28. The van der Waals surface area contributed by atoms with Crippen molar-refractivity contribution in [1.29, 1.82) is 0 Å². The highest BCUT2D eigenvalue weighted by Gasteiger charge is 2.10. The van der Waals surface area contributed by atoms with Gasteiger partial charge in [0.25, 0.3) is 0 Å². The minimum absolute atomic E-state index is 0.0577. The molecule has 0 aliphatic rings. The van der Waals surface area contributed by atoms with Gasteiger partial charge in [-0.2, -0.15) is 0 Å². The third-order valence-electron chi connectivity index (χ3n) is 1.28. The Balaban J connectivity index is 3.08. The number of halogens is 3. The zero-order valence-electron chi connectivity index (χ0n) is 6.22. The number of pyridine rings is 1. The normalized spacial score (nSPS) is 10.1. The van der Waals surface area contributed by atoms with Crippen LogP contribution in [0.4, 0.5) is 0 Å². The lowest BCUT2D eigenvalue weighted by Crippen LogP contribution is -2.03. The van der Waals surface area contributed by atoms with E-state index in [0.29, 0.717) is 0 Å². The lowest BCUT2D eigenvalue weighted by atomic mass is 10.3. The Morgan fingerprint density at radius 3 is 2.54 bits per heavy atom. The van der Waals surface area contributed by atoms with Crippen molar-refractivity contribution >= 4 is 40.8 Å². The summed E-state index contributed by atoms with van der Waals surface area (Å²) < 4.78 is 0.